The number of hydrogen-bond acceptors (Lipinski definition) is 2. The molecule has 3 heteroatoms. The van der Waals surface area contributed by atoms with Crippen molar-refractivity contribution < 1.29 is 0 Å². The molecule has 0 spiro atoms. The van der Waals surface area contributed by atoms with E-state index >= 15 is 0 Å². The van der Waals surface area contributed by atoms with Gasteiger partial charge in [0.05, 0.1) is 0 Å². The van der Waals surface area contributed by atoms with Crippen molar-refractivity contribution >= 4 is 0 Å². The van der Waals surface area contributed by atoms with Gasteiger partial charge in [-0.25, -0.2) is 0 Å². The first-order valence-corrected chi connectivity index (χ1v) is 6.02. The lowest BCUT2D eigenvalue weighted by atomic mass is 10.0. The summed E-state index contributed by atoms with van der Waals surface area (Å²) in [6.45, 7) is 5.22. The second-order valence-electron chi connectivity index (χ2n) is 4.49. The van der Waals surface area contributed by atoms with E-state index in [9.17, 15) is 0 Å². The van der Waals surface area contributed by atoms with E-state index in [2.05, 4.69) is 53.6 Å². The molecule has 1 unspecified atom stereocenters. The first-order valence-electron chi connectivity index (χ1n) is 6.02. The van der Waals surface area contributed by atoms with Crippen LogP contribution in [0.25, 0.3) is 0 Å². The van der Waals surface area contributed by atoms with Crippen molar-refractivity contribution in [1.29, 1.82) is 0 Å². The maximum Gasteiger partial charge on any atom is 0.0490 e. The molecule has 2 aromatic rings. The normalized spacial score (nSPS) is 12.6. The standard InChI is InChI=1S/C14H19N3/c1-11-5-3-4-6-13(11)9-12(2)15-10-14-7-8-16-17-14/h3-8,12,15H,9-10H2,1-2H3,(H,16,17). The Balaban J connectivity index is 1.85. The molecule has 0 aliphatic carbocycles. The van der Waals surface area contributed by atoms with E-state index in [4.69, 9.17) is 0 Å². The first kappa shape index (κ1) is 11.9. The third-order valence-corrected chi connectivity index (χ3v) is 2.99. The van der Waals surface area contributed by atoms with E-state index in [0.29, 0.717) is 6.04 Å². The molecule has 0 saturated carbocycles. The molecular weight excluding hydrogens is 210 g/mol. The lowest BCUT2D eigenvalue weighted by molar-refractivity contribution is 0.538. The zero-order chi connectivity index (χ0) is 12.1. The molecule has 1 heterocycles. The summed E-state index contributed by atoms with van der Waals surface area (Å²) in [5.41, 5.74) is 3.90. The molecule has 2 N–H and O–H groups in total. The highest BCUT2D eigenvalue weighted by Crippen LogP contribution is 2.09. The molecular formula is C14H19N3. The van der Waals surface area contributed by atoms with Crippen LogP contribution >= 0.6 is 0 Å². The highest BCUT2D eigenvalue weighted by atomic mass is 15.1. The van der Waals surface area contributed by atoms with Crippen LogP contribution < -0.4 is 5.32 Å². The van der Waals surface area contributed by atoms with Crippen LogP contribution in [0, 0.1) is 6.92 Å². The summed E-state index contributed by atoms with van der Waals surface area (Å²) in [6, 6.07) is 11.0. The molecule has 0 radical (unpaired) electrons. The number of aromatic nitrogens is 2. The molecule has 0 saturated heterocycles. The molecule has 2 rings (SSSR count). The van der Waals surface area contributed by atoms with Crippen LogP contribution in [0.2, 0.25) is 0 Å². The number of aromatic amines is 1. The van der Waals surface area contributed by atoms with Crippen molar-refractivity contribution in [2.45, 2.75) is 32.9 Å². The zero-order valence-corrected chi connectivity index (χ0v) is 10.4. The number of nitrogens with zero attached hydrogens (tertiary/aromatic N) is 1. The maximum absolute atomic E-state index is 3.93. The summed E-state index contributed by atoms with van der Waals surface area (Å²) in [5, 5.41) is 10.4. The quantitative estimate of drug-likeness (QED) is 0.826. The van der Waals surface area contributed by atoms with Gasteiger partial charge in [0.2, 0.25) is 0 Å². The lowest BCUT2D eigenvalue weighted by Gasteiger charge is -2.14. The number of nitrogens with one attached hydrogen (secondary N) is 2. The highest BCUT2D eigenvalue weighted by Gasteiger charge is 2.05. The number of H-pyrrole nitrogens is 1. The predicted molar refractivity (Wildman–Crippen MR) is 69.8 cm³/mol. The molecule has 3 nitrogen and oxygen atoms in total. The second kappa shape index (κ2) is 5.64. The fraction of sp³-hybridized carbons (Fsp3) is 0.357. The third kappa shape index (κ3) is 3.43. The van der Waals surface area contributed by atoms with E-state index in [-0.39, 0.29) is 0 Å². The summed E-state index contributed by atoms with van der Waals surface area (Å²) < 4.78 is 0. The maximum atomic E-state index is 3.93. The van der Waals surface area contributed by atoms with Crippen molar-refractivity contribution in [2.24, 2.45) is 0 Å². The smallest absolute Gasteiger partial charge is 0.0490 e. The highest BCUT2D eigenvalue weighted by molar-refractivity contribution is 5.26. The number of rotatable bonds is 5. The molecule has 0 bridgehead atoms. The van der Waals surface area contributed by atoms with Gasteiger partial charge in [-0.05, 0) is 37.5 Å². The molecule has 1 aromatic heterocycles. The molecule has 17 heavy (non-hydrogen) atoms. The average Bonchev–Trinajstić information content (AvgIpc) is 2.82. The number of benzene rings is 1. The first-order chi connectivity index (χ1) is 8.25. The fourth-order valence-electron chi connectivity index (χ4n) is 1.91. The molecule has 0 aliphatic heterocycles. The van der Waals surface area contributed by atoms with E-state index in [1.165, 1.54) is 11.1 Å². The SMILES string of the molecule is Cc1ccccc1CC(C)NCc1ccn[nH]1. The van der Waals surface area contributed by atoms with Crippen molar-refractivity contribution in [2.75, 3.05) is 0 Å². The molecule has 90 valence electrons. The Labute approximate surface area is 102 Å². The minimum atomic E-state index is 0.458. The van der Waals surface area contributed by atoms with Gasteiger partial charge in [-0.1, -0.05) is 24.3 Å². The minimum absolute atomic E-state index is 0.458. The summed E-state index contributed by atoms with van der Waals surface area (Å²) in [7, 11) is 0. The summed E-state index contributed by atoms with van der Waals surface area (Å²) in [4.78, 5) is 0. The summed E-state index contributed by atoms with van der Waals surface area (Å²) in [6.07, 6.45) is 2.84. The minimum Gasteiger partial charge on any atom is -0.308 e. The largest absolute Gasteiger partial charge is 0.308 e. The van der Waals surface area contributed by atoms with E-state index in [0.717, 1.165) is 18.7 Å². The van der Waals surface area contributed by atoms with Gasteiger partial charge in [0, 0.05) is 24.5 Å². The Kier molecular flexibility index (Phi) is 3.94. The van der Waals surface area contributed by atoms with Gasteiger partial charge in [0.1, 0.15) is 0 Å². The van der Waals surface area contributed by atoms with Gasteiger partial charge in [0.15, 0.2) is 0 Å². The monoisotopic (exact) mass is 229 g/mol. The van der Waals surface area contributed by atoms with Crippen LogP contribution in [0.1, 0.15) is 23.7 Å². The molecule has 0 amide bonds. The third-order valence-electron chi connectivity index (χ3n) is 2.99. The van der Waals surface area contributed by atoms with Crippen molar-refractivity contribution in [3.8, 4) is 0 Å². The van der Waals surface area contributed by atoms with Crippen molar-refractivity contribution in [1.82, 2.24) is 15.5 Å². The van der Waals surface area contributed by atoms with Crippen molar-refractivity contribution in [3.05, 3.63) is 53.3 Å². The molecule has 0 fully saturated rings. The van der Waals surface area contributed by atoms with Crippen LogP contribution in [-0.4, -0.2) is 16.2 Å². The Hall–Kier alpha value is -1.61. The molecule has 1 aromatic carbocycles. The van der Waals surface area contributed by atoms with Crippen LogP contribution in [-0.2, 0) is 13.0 Å². The van der Waals surface area contributed by atoms with Crippen molar-refractivity contribution in [3.63, 3.8) is 0 Å². The van der Waals surface area contributed by atoms with Crippen LogP contribution in [0.5, 0.6) is 0 Å². The Morgan fingerprint density at radius 3 is 2.82 bits per heavy atom. The molecule has 1 atom stereocenters. The average molecular weight is 229 g/mol. The van der Waals surface area contributed by atoms with Gasteiger partial charge in [0.25, 0.3) is 0 Å². The van der Waals surface area contributed by atoms with E-state index in [1.807, 2.05) is 6.07 Å². The van der Waals surface area contributed by atoms with Gasteiger partial charge < -0.3 is 5.32 Å². The Morgan fingerprint density at radius 1 is 1.29 bits per heavy atom. The number of hydrogen-bond donors (Lipinski definition) is 2. The Morgan fingerprint density at radius 2 is 2.12 bits per heavy atom. The van der Waals surface area contributed by atoms with Crippen LogP contribution in [0.4, 0.5) is 0 Å². The van der Waals surface area contributed by atoms with Gasteiger partial charge >= 0.3 is 0 Å². The summed E-state index contributed by atoms with van der Waals surface area (Å²) >= 11 is 0. The zero-order valence-electron chi connectivity index (χ0n) is 10.4. The predicted octanol–water partition coefficient (Wildman–Crippen LogP) is 2.44. The summed E-state index contributed by atoms with van der Waals surface area (Å²) in [5.74, 6) is 0. The fourth-order valence-corrected chi connectivity index (χ4v) is 1.91. The van der Waals surface area contributed by atoms with Gasteiger partial charge in [-0.2, -0.15) is 5.10 Å². The second-order valence-corrected chi connectivity index (χ2v) is 4.49. The Bertz CT molecular complexity index is 448. The van der Waals surface area contributed by atoms with E-state index < -0.39 is 0 Å². The van der Waals surface area contributed by atoms with Gasteiger partial charge in [-0.3, -0.25) is 5.10 Å². The van der Waals surface area contributed by atoms with Gasteiger partial charge in [-0.15, -0.1) is 0 Å². The lowest BCUT2D eigenvalue weighted by Crippen LogP contribution is -2.27. The number of aryl methyl sites for hydroxylation is 1. The van der Waals surface area contributed by atoms with E-state index in [1.54, 1.807) is 6.20 Å². The van der Waals surface area contributed by atoms with Crippen LogP contribution in [0.15, 0.2) is 36.5 Å². The van der Waals surface area contributed by atoms with Crippen LogP contribution in [0.3, 0.4) is 0 Å². The molecule has 0 aliphatic rings. The topological polar surface area (TPSA) is 40.7 Å².